The second-order valence-corrected chi connectivity index (χ2v) is 33.5. The van der Waals surface area contributed by atoms with Gasteiger partial charge in [-0.15, -0.1) is 24.7 Å². The molecule has 8 atom stereocenters. The molecule has 3 aromatic carbocycles. The van der Waals surface area contributed by atoms with E-state index in [9.17, 15) is 51.6 Å². The summed E-state index contributed by atoms with van der Waals surface area (Å²) < 4.78 is 51.1. The van der Waals surface area contributed by atoms with Crippen LogP contribution in [0.25, 0.3) is 0 Å². The number of methoxy groups -OCH3 is 1. The summed E-state index contributed by atoms with van der Waals surface area (Å²) in [5.41, 5.74) is 8.17. The first-order valence-corrected chi connectivity index (χ1v) is 43.0. The summed E-state index contributed by atoms with van der Waals surface area (Å²) in [6.07, 6.45) is 23.4. The summed E-state index contributed by atoms with van der Waals surface area (Å²) in [6, 6.07) is 25.6. The molecule has 9 amide bonds. The maximum Gasteiger partial charge on any atom is 0.418 e. The Bertz CT molecular complexity index is 4280. The van der Waals surface area contributed by atoms with Gasteiger partial charge in [0.05, 0.1) is 44.4 Å². The number of amides is 9. The topological polar surface area (TPSA) is 512 Å². The number of hydrogen-bond acceptors (Lipinski definition) is 26. The molecular formula is C81H115N17O21S. The first kappa shape index (κ1) is 91.1. The number of nitrogens with zero attached hydrogens (tertiary/aromatic N) is 12. The van der Waals surface area contributed by atoms with Gasteiger partial charge >= 0.3 is 46.5 Å². The minimum Gasteiger partial charge on any atom is -0.480 e. The molecule has 9 saturated heterocycles. The normalized spacial score (nSPS) is 23.9. The minimum absolute atomic E-state index is 0. The Morgan fingerprint density at radius 1 is 0.492 bits per heavy atom. The van der Waals surface area contributed by atoms with Gasteiger partial charge in [-0.05, 0) is 136 Å². The minimum atomic E-state index is -4.75. The van der Waals surface area contributed by atoms with Crippen LogP contribution in [-0.2, 0) is 90.6 Å². The van der Waals surface area contributed by atoms with Crippen LogP contribution >= 0.6 is 0 Å². The number of rotatable bonds is 28. The van der Waals surface area contributed by atoms with E-state index in [0.29, 0.717) is 155 Å². The number of aromatic nitrogens is 4. The summed E-state index contributed by atoms with van der Waals surface area (Å²) in [5.74, 6) is 12.2. The fraction of sp³-hybridized carbons (Fsp3) is 0.617. The molecule has 18 rings (SSSR count). The Morgan fingerprint density at radius 3 is 1.26 bits per heavy atom. The number of hydrazine groups is 1. The zero-order chi connectivity index (χ0) is 84.1. The van der Waals surface area contributed by atoms with Crippen LogP contribution < -0.4 is 28.1 Å². The molecule has 0 spiro atoms. The number of benzene rings is 3. The van der Waals surface area contributed by atoms with Crippen molar-refractivity contribution in [1.82, 2.24) is 70.9 Å². The maximum atomic E-state index is 12.9. The average molecular weight is 1690 g/mol. The third kappa shape index (κ3) is 24.1. The van der Waals surface area contributed by atoms with Gasteiger partial charge in [0.2, 0.25) is 29.5 Å². The second-order valence-electron chi connectivity index (χ2n) is 32.5. The number of carbonyl (C=O) groups excluding carboxylic acids is 8. The Hall–Kier alpha value is -9.68. The third-order valence-corrected chi connectivity index (χ3v) is 24.7. The molecule has 120 heavy (non-hydrogen) atoms. The van der Waals surface area contributed by atoms with Crippen molar-refractivity contribution >= 4 is 63.9 Å². The zero-order valence-electron chi connectivity index (χ0n) is 67.9. The van der Waals surface area contributed by atoms with Gasteiger partial charge in [-0.3, -0.25) is 49.9 Å². The van der Waals surface area contributed by atoms with Crippen molar-refractivity contribution in [3.8, 4) is 0 Å². The molecular weight excluding hydrogens is 1580 g/mol. The van der Waals surface area contributed by atoms with Crippen LogP contribution in [0.5, 0.6) is 0 Å². The van der Waals surface area contributed by atoms with E-state index in [2.05, 4.69) is 51.7 Å². The third-order valence-electron chi connectivity index (χ3n) is 24.3. The number of hydroxylamine groups is 8. The van der Waals surface area contributed by atoms with Crippen molar-refractivity contribution < 1.29 is 99.1 Å². The molecule has 12 N–H and O–H groups in total. The SMILES string of the molecule is COC(=O)CC1CCC1.NCC(=O)CC1CCC1.NN.O.O=C(CNC(=O)[C@@H]1CC[C@@H]2CN1C(=O)N2OCc1ccccc1)CC1CCC1.O=C(O)[C@@H]1CC[C@@H]2CN1C(=O)N2OCc1ccccc1.O=C1N2C[C@@H](CC[C@H]2c2nnc(CC3CCC3)o2)N1OCc1ccccc1.O=C1N2C[C@@H](CC[C@H]2c2nnc(CC3CNC3)o2)N1OS(=O)(=O)O. The van der Waals surface area contributed by atoms with E-state index in [0.717, 1.165) is 68.3 Å². The number of hydrogen-bond donors (Lipinski definition) is 7. The number of fused-ring (bicyclic) bond motifs is 8. The highest BCUT2D eigenvalue weighted by Gasteiger charge is 2.52. The van der Waals surface area contributed by atoms with Crippen molar-refractivity contribution in [3.05, 3.63) is 131 Å². The summed E-state index contributed by atoms with van der Waals surface area (Å²) in [4.78, 5) is 131. The number of Topliss-reactive ketones (excluding diaryl/α,β-unsaturated/α-hetero) is 2. The van der Waals surface area contributed by atoms with Crippen molar-refractivity contribution in [3.63, 3.8) is 0 Å². The molecule has 11 heterocycles. The van der Waals surface area contributed by atoms with E-state index < -0.39 is 46.6 Å². The lowest BCUT2D eigenvalue weighted by molar-refractivity contribution is -0.144. The number of carboxylic acids is 1. The van der Waals surface area contributed by atoms with Crippen molar-refractivity contribution in [2.24, 2.45) is 47.0 Å². The molecule has 656 valence electrons. The van der Waals surface area contributed by atoms with Gasteiger partial charge in [0.15, 0.2) is 5.78 Å². The molecule has 13 aliphatic rings. The van der Waals surface area contributed by atoms with Gasteiger partial charge in [-0.2, -0.15) is 28.7 Å². The van der Waals surface area contributed by atoms with Crippen LogP contribution in [0.2, 0.25) is 0 Å². The summed E-state index contributed by atoms with van der Waals surface area (Å²) in [5, 5.41) is 36.6. The molecule has 39 heteroatoms. The smallest absolute Gasteiger partial charge is 0.418 e. The summed E-state index contributed by atoms with van der Waals surface area (Å²) >= 11 is 0. The van der Waals surface area contributed by atoms with Crippen molar-refractivity contribution in [1.29, 1.82) is 0 Å². The number of aliphatic carboxylic acids is 1. The van der Waals surface area contributed by atoms with Gasteiger partial charge in [0.1, 0.15) is 49.8 Å². The van der Waals surface area contributed by atoms with E-state index in [-0.39, 0.29) is 90.8 Å². The maximum absolute atomic E-state index is 12.9. The monoisotopic (exact) mass is 1690 g/mol. The number of carboxylic acid groups (broad SMARTS) is 1. The van der Waals surface area contributed by atoms with Crippen LogP contribution in [0, 0.1) is 29.6 Å². The highest BCUT2D eigenvalue weighted by Crippen LogP contribution is 2.42. The molecule has 38 nitrogen and oxygen atoms in total. The van der Waals surface area contributed by atoms with Gasteiger partial charge < -0.3 is 60.1 Å². The largest absolute Gasteiger partial charge is 0.480 e. The second kappa shape index (κ2) is 43.7. The van der Waals surface area contributed by atoms with E-state index in [4.69, 9.17) is 38.7 Å². The van der Waals surface area contributed by atoms with Crippen LogP contribution in [0.4, 0.5) is 19.2 Å². The fourth-order valence-electron chi connectivity index (χ4n) is 16.6. The molecule has 9 aliphatic heterocycles. The van der Waals surface area contributed by atoms with E-state index >= 15 is 0 Å². The number of urea groups is 4. The molecule has 5 aromatic rings. The lowest BCUT2D eigenvalue weighted by Gasteiger charge is -2.29. The summed E-state index contributed by atoms with van der Waals surface area (Å²) in [6.45, 7) is 5.03. The van der Waals surface area contributed by atoms with E-state index in [1.807, 2.05) is 95.9 Å². The molecule has 4 saturated carbocycles. The first-order chi connectivity index (χ1) is 57.6. The average Bonchev–Trinajstić information content (AvgIpc) is 1.59. The quantitative estimate of drug-likeness (QED) is 0.0117. The highest BCUT2D eigenvalue weighted by molar-refractivity contribution is 7.80. The molecule has 0 unspecified atom stereocenters. The number of ketones is 2. The zero-order valence-corrected chi connectivity index (χ0v) is 68.7. The molecule has 8 bridgehead atoms. The first-order valence-electron chi connectivity index (χ1n) is 41.7. The van der Waals surface area contributed by atoms with Crippen LogP contribution in [-0.4, -0.2) is 233 Å². The number of piperidine rings is 4. The highest BCUT2D eigenvalue weighted by atomic mass is 32.3. The molecule has 2 aromatic heterocycles. The van der Waals surface area contributed by atoms with Gasteiger partial charge in [0, 0.05) is 58.3 Å². The van der Waals surface area contributed by atoms with E-state index in [1.165, 1.54) is 91.2 Å². The Balaban J connectivity index is 0.000000145. The van der Waals surface area contributed by atoms with E-state index in [1.54, 1.807) is 9.96 Å². The van der Waals surface area contributed by atoms with Gasteiger partial charge in [-0.1, -0.05) is 142 Å². The number of nitrogens with one attached hydrogen (secondary N) is 2. The Morgan fingerprint density at radius 2 is 0.867 bits per heavy atom. The van der Waals surface area contributed by atoms with Gasteiger partial charge in [0.25, 0.3) is 0 Å². The predicted octanol–water partition coefficient (Wildman–Crippen LogP) is 6.77. The Labute approximate surface area is 697 Å². The standard InChI is InChI=1S/C21H27N3O4.C20H24N4O3.C14H16N2O4.C12H17N5O6S.C7H13NO.C7H12O2.H4N2.H2O/c25-18(11-15-7-4-8-15)12-22-20(26)19-10-9-17-13-23(19)21(27)24(17)28-14-16-5-2-1-3-6-16;25-20-23-12-16(24(20)26-13-15-5-2-1-3-6-15)9-10-17(23)19-22-21-18(27-19)11-14-7-4-8-14;17-13(18)12-7-6-11-8-15(12)14(19)16(11)20-9-10-4-2-1-3-5-10;18-12-16-6-8(17(12)23-24(19,20)21)1-2-9(16)11-15-14-10(22-11)3-7-4-13-5-7;8-5-7(9)4-6-2-1-3-6;1-9-7(8)5-6-3-2-4-6;1-2;/h1-3,5-6,15,17,19H,4,7-14H2,(H,22,26);1-3,5-6,14,16-17H,4,7-13H2;1-5,11-12H,6-9H2,(H,17,18);7-9,13H,1-6H2,(H,19,20,21);6H,1-5,8H2;6H,2-5H2,1H3;1-2H2;1H2/t17-,19+;16-,17+;11-,12+;8-,9+;;;;/m1111..../s1. The van der Waals surface area contributed by atoms with Gasteiger partial charge in [-0.25, -0.2) is 24.0 Å². The molecule has 4 aliphatic carbocycles. The number of ether oxygens (including phenoxy) is 1. The Kier molecular flexibility index (Phi) is 33.2. The van der Waals surface area contributed by atoms with Crippen LogP contribution in [0.1, 0.15) is 200 Å². The fourth-order valence-corrected chi connectivity index (χ4v) is 17.0. The van der Waals surface area contributed by atoms with Crippen LogP contribution in [0.3, 0.4) is 0 Å². The molecule has 0 radical (unpaired) electrons. The van der Waals surface area contributed by atoms with Crippen molar-refractivity contribution in [2.45, 2.75) is 229 Å². The van der Waals surface area contributed by atoms with Crippen molar-refractivity contribution in [2.75, 3.05) is 59.5 Å². The number of esters is 1. The van der Waals surface area contributed by atoms with Crippen LogP contribution in [0.15, 0.2) is 99.8 Å². The lowest BCUT2D eigenvalue weighted by atomic mass is 9.82. The number of nitrogens with two attached hydrogens (primary N) is 3. The number of carbonyl (C=O) groups is 9. The predicted molar refractivity (Wildman–Crippen MR) is 427 cm³/mol. The molecule has 13 fully saturated rings. The summed E-state index contributed by atoms with van der Waals surface area (Å²) in [7, 11) is -3.30. The lowest BCUT2D eigenvalue weighted by Crippen LogP contribution is -2.50.